The Morgan fingerprint density at radius 1 is 1.07 bits per heavy atom. The van der Waals surface area contributed by atoms with Gasteiger partial charge in [0.15, 0.2) is 0 Å². The van der Waals surface area contributed by atoms with Crippen molar-refractivity contribution >= 4 is 46.0 Å². The molecule has 1 aromatic heterocycles. The van der Waals surface area contributed by atoms with Crippen LogP contribution in [0.25, 0.3) is 10.9 Å². The second-order valence-electron chi connectivity index (χ2n) is 5.97. The number of carbonyl (C=O) groups excluding carboxylic acids is 2. The van der Waals surface area contributed by atoms with E-state index in [1.54, 1.807) is 47.9 Å². The lowest BCUT2D eigenvalue weighted by Gasteiger charge is -2.09. The van der Waals surface area contributed by atoms with Crippen molar-refractivity contribution in [3.05, 3.63) is 63.3 Å². The third kappa shape index (κ3) is 3.53. The van der Waals surface area contributed by atoms with E-state index in [4.69, 9.17) is 32.7 Å². The van der Waals surface area contributed by atoms with E-state index < -0.39 is 5.97 Å². The zero-order chi connectivity index (χ0) is 19.7. The zero-order valence-corrected chi connectivity index (χ0v) is 16.5. The van der Waals surface area contributed by atoms with E-state index >= 15 is 0 Å². The van der Waals surface area contributed by atoms with Gasteiger partial charge in [0.05, 0.1) is 31.2 Å². The summed E-state index contributed by atoms with van der Waals surface area (Å²) in [7, 11) is 2.84. The van der Waals surface area contributed by atoms with E-state index in [0.29, 0.717) is 43.5 Å². The smallest absolute Gasteiger partial charge is 0.310 e. The Labute approximate surface area is 166 Å². The van der Waals surface area contributed by atoms with Gasteiger partial charge in [-0.2, -0.15) is 0 Å². The van der Waals surface area contributed by atoms with Crippen molar-refractivity contribution in [3.63, 3.8) is 0 Å². The number of rotatable bonds is 4. The van der Waals surface area contributed by atoms with Crippen LogP contribution in [-0.4, -0.2) is 30.7 Å². The topological polar surface area (TPSA) is 57.5 Å². The summed E-state index contributed by atoms with van der Waals surface area (Å²) in [5.41, 5.74) is 2.39. The molecule has 3 aromatic rings. The maximum absolute atomic E-state index is 13.2. The third-order valence-corrected chi connectivity index (χ3v) is 5.00. The molecule has 1 heterocycles. The van der Waals surface area contributed by atoms with Gasteiger partial charge in [0.1, 0.15) is 5.75 Å². The second-order valence-corrected chi connectivity index (χ2v) is 6.81. The number of methoxy groups -OCH3 is 2. The van der Waals surface area contributed by atoms with Crippen LogP contribution < -0.4 is 4.74 Å². The van der Waals surface area contributed by atoms with Gasteiger partial charge in [-0.3, -0.25) is 14.2 Å². The SMILES string of the molecule is COC(=O)Cc1c(C)n(C(=O)c2ccc(Cl)cc2)c2cc(Cl)c(OC)cc12. The van der Waals surface area contributed by atoms with Gasteiger partial charge >= 0.3 is 5.97 Å². The van der Waals surface area contributed by atoms with Crippen molar-refractivity contribution in [1.82, 2.24) is 4.57 Å². The highest BCUT2D eigenvalue weighted by Gasteiger charge is 2.23. The number of fused-ring (bicyclic) bond motifs is 1. The third-order valence-electron chi connectivity index (χ3n) is 4.45. The molecule has 0 unspecified atom stereocenters. The summed E-state index contributed by atoms with van der Waals surface area (Å²) in [5, 5.41) is 1.62. The monoisotopic (exact) mass is 405 g/mol. The summed E-state index contributed by atoms with van der Waals surface area (Å²) in [6, 6.07) is 10.0. The maximum atomic E-state index is 13.2. The van der Waals surface area contributed by atoms with Crippen molar-refractivity contribution < 1.29 is 19.1 Å². The zero-order valence-electron chi connectivity index (χ0n) is 15.0. The first kappa shape index (κ1) is 19.3. The molecule has 27 heavy (non-hydrogen) atoms. The molecule has 0 aliphatic rings. The fourth-order valence-corrected chi connectivity index (χ4v) is 3.42. The maximum Gasteiger partial charge on any atom is 0.310 e. The lowest BCUT2D eigenvalue weighted by molar-refractivity contribution is -0.139. The molecule has 0 spiro atoms. The quantitative estimate of drug-likeness (QED) is 0.591. The van der Waals surface area contributed by atoms with Crippen LogP contribution in [0.15, 0.2) is 36.4 Å². The van der Waals surface area contributed by atoms with E-state index in [9.17, 15) is 9.59 Å². The van der Waals surface area contributed by atoms with Crippen molar-refractivity contribution in [3.8, 4) is 5.75 Å². The molecular formula is C20H17Cl2NO4. The molecular weight excluding hydrogens is 389 g/mol. The molecule has 5 nitrogen and oxygen atoms in total. The predicted molar refractivity (Wildman–Crippen MR) is 105 cm³/mol. The number of halogens is 2. The summed E-state index contributed by atoms with van der Waals surface area (Å²) in [6.45, 7) is 1.78. The summed E-state index contributed by atoms with van der Waals surface area (Å²) < 4.78 is 11.6. The molecule has 0 bridgehead atoms. The van der Waals surface area contributed by atoms with Crippen molar-refractivity contribution in [2.45, 2.75) is 13.3 Å². The van der Waals surface area contributed by atoms with Gasteiger partial charge in [-0.15, -0.1) is 0 Å². The van der Waals surface area contributed by atoms with E-state index in [2.05, 4.69) is 0 Å². The Morgan fingerprint density at radius 3 is 2.33 bits per heavy atom. The van der Waals surface area contributed by atoms with E-state index in [1.807, 2.05) is 0 Å². The van der Waals surface area contributed by atoms with Crippen LogP contribution in [0.5, 0.6) is 5.75 Å². The predicted octanol–water partition coefficient (Wildman–Crippen LogP) is 4.67. The average Bonchev–Trinajstić information content (AvgIpc) is 2.91. The molecule has 0 saturated heterocycles. The van der Waals surface area contributed by atoms with Gasteiger partial charge < -0.3 is 9.47 Å². The number of esters is 1. The highest BCUT2D eigenvalue weighted by atomic mass is 35.5. The Balaban J connectivity index is 2.26. The number of benzene rings is 2. The number of aromatic nitrogens is 1. The van der Waals surface area contributed by atoms with Crippen LogP contribution in [-0.2, 0) is 16.0 Å². The second kappa shape index (κ2) is 7.62. The summed E-state index contributed by atoms with van der Waals surface area (Å²) >= 11 is 12.2. The molecule has 0 radical (unpaired) electrons. The standard InChI is InChI=1S/C20H17Cl2NO4/c1-11-14(9-19(24)27-3)15-8-18(26-2)16(22)10-17(15)23(11)20(25)12-4-6-13(21)7-5-12/h4-8,10H,9H2,1-3H3. The van der Waals surface area contributed by atoms with Gasteiger partial charge in [0.2, 0.25) is 0 Å². The number of ether oxygens (including phenoxy) is 2. The van der Waals surface area contributed by atoms with Gasteiger partial charge in [-0.1, -0.05) is 23.2 Å². The first-order valence-corrected chi connectivity index (χ1v) is 8.87. The summed E-state index contributed by atoms with van der Waals surface area (Å²) in [5.74, 6) is -0.178. The number of nitrogens with zero attached hydrogens (tertiary/aromatic N) is 1. The van der Waals surface area contributed by atoms with Crippen LogP contribution in [0, 0.1) is 6.92 Å². The van der Waals surface area contributed by atoms with E-state index in [0.717, 1.165) is 0 Å². The first-order valence-electron chi connectivity index (χ1n) is 8.11. The summed E-state index contributed by atoms with van der Waals surface area (Å²) in [4.78, 5) is 25.1. The highest BCUT2D eigenvalue weighted by molar-refractivity contribution is 6.33. The van der Waals surface area contributed by atoms with Crippen LogP contribution in [0.4, 0.5) is 0 Å². The Hall–Kier alpha value is -2.50. The molecule has 0 aliphatic heterocycles. The first-order chi connectivity index (χ1) is 12.9. The Kier molecular flexibility index (Phi) is 5.44. The highest BCUT2D eigenvalue weighted by Crippen LogP contribution is 2.35. The lowest BCUT2D eigenvalue weighted by Crippen LogP contribution is -2.14. The molecule has 140 valence electrons. The van der Waals surface area contributed by atoms with Crippen molar-refractivity contribution in [1.29, 1.82) is 0 Å². The molecule has 0 saturated carbocycles. The fourth-order valence-electron chi connectivity index (χ4n) is 3.06. The number of hydrogen-bond acceptors (Lipinski definition) is 4. The Bertz CT molecular complexity index is 1040. The van der Waals surface area contributed by atoms with E-state index in [-0.39, 0.29) is 12.3 Å². The minimum atomic E-state index is -0.398. The van der Waals surface area contributed by atoms with Crippen molar-refractivity contribution in [2.75, 3.05) is 14.2 Å². The van der Waals surface area contributed by atoms with Crippen LogP contribution in [0.2, 0.25) is 10.0 Å². The molecule has 0 aliphatic carbocycles. The molecule has 2 aromatic carbocycles. The molecule has 3 rings (SSSR count). The average molecular weight is 406 g/mol. The number of carbonyl (C=O) groups is 2. The molecule has 0 N–H and O–H groups in total. The van der Waals surface area contributed by atoms with E-state index in [1.165, 1.54) is 14.2 Å². The van der Waals surface area contributed by atoms with Crippen molar-refractivity contribution in [2.24, 2.45) is 0 Å². The fraction of sp³-hybridized carbons (Fsp3) is 0.200. The van der Waals surface area contributed by atoms with Gasteiger partial charge in [0.25, 0.3) is 5.91 Å². The Morgan fingerprint density at radius 2 is 1.74 bits per heavy atom. The minimum Gasteiger partial charge on any atom is -0.495 e. The molecule has 0 fully saturated rings. The van der Waals surface area contributed by atoms with Crippen LogP contribution in [0.1, 0.15) is 21.6 Å². The molecule has 0 atom stereocenters. The summed E-state index contributed by atoms with van der Waals surface area (Å²) in [6.07, 6.45) is 0.0323. The van der Waals surface area contributed by atoms with Crippen LogP contribution >= 0.6 is 23.2 Å². The molecule has 0 amide bonds. The largest absolute Gasteiger partial charge is 0.495 e. The lowest BCUT2D eigenvalue weighted by atomic mass is 10.1. The van der Waals surface area contributed by atoms with Gasteiger partial charge in [-0.25, -0.2) is 0 Å². The van der Waals surface area contributed by atoms with Gasteiger partial charge in [0, 0.05) is 21.7 Å². The minimum absolute atomic E-state index is 0.0323. The number of hydrogen-bond donors (Lipinski definition) is 0. The molecule has 7 heteroatoms. The normalized spacial score (nSPS) is 10.9. The van der Waals surface area contributed by atoms with Gasteiger partial charge in [-0.05, 0) is 48.9 Å². The van der Waals surface area contributed by atoms with Crippen LogP contribution in [0.3, 0.4) is 0 Å².